The summed E-state index contributed by atoms with van der Waals surface area (Å²) < 4.78 is 26.0. The third-order valence-corrected chi connectivity index (χ3v) is 10.6. The van der Waals surface area contributed by atoms with Crippen molar-refractivity contribution in [2.75, 3.05) is 52.9 Å². The molecule has 3 rings (SSSR count). The average Bonchev–Trinajstić information content (AvgIpc) is 3.63. The van der Waals surface area contributed by atoms with Crippen LogP contribution in [0.5, 0.6) is 6.01 Å². The number of ether oxygens (including phenoxy) is 4. The first-order chi connectivity index (χ1) is 26.1. The van der Waals surface area contributed by atoms with Gasteiger partial charge in [-0.15, -0.1) is 0 Å². The third kappa shape index (κ3) is 23.1. The predicted octanol–water partition coefficient (Wildman–Crippen LogP) is 9.42. The molecule has 1 atom stereocenters. The number of rotatable bonds is 34. The van der Waals surface area contributed by atoms with Gasteiger partial charge in [-0.2, -0.15) is 4.58 Å². The molecular formula is C43H75N4O6+. The molecule has 0 aromatic carbocycles. The van der Waals surface area contributed by atoms with Crippen LogP contribution >= 0.6 is 0 Å². The minimum absolute atomic E-state index is 0.120. The zero-order valence-corrected chi connectivity index (χ0v) is 33.4. The summed E-state index contributed by atoms with van der Waals surface area (Å²) in [7, 11) is 0. The van der Waals surface area contributed by atoms with Crippen molar-refractivity contribution in [3.05, 3.63) is 30.9 Å². The fourth-order valence-electron chi connectivity index (χ4n) is 7.30. The highest BCUT2D eigenvalue weighted by molar-refractivity contribution is 5.70. The van der Waals surface area contributed by atoms with Crippen LogP contribution in [-0.4, -0.2) is 95.7 Å². The Labute approximate surface area is 322 Å². The number of unbranched alkanes of at least 4 members (excludes halogenated alkanes) is 16. The number of carboxylic acid groups (broad SMARTS) is 1. The number of hydrogen-bond donors (Lipinski definition) is 1. The zero-order chi connectivity index (χ0) is 37.4. The highest BCUT2D eigenvalue weighted by atomic mass is 16.6. The molecule has 0 bridgehead atoms. The van der Waals surface area contributed by atoms with E-state index in [1.807, 2.05) is 0 Å². The Hall–Kier alpha value is -2.56. The van der Waals surface area contributed by atoms with E-state index in [9.17, 15) is 9.90 Å². The van der Waals surface area contributed by atoms with Crippen molar-refractivity contribution in [3.8, 4) is 6.01 Å². The second kappa shape index (κ2) is 30.7. The fraction of sp³-hybridized carbons (Fsp3) is 0.814. The number of carbonyl (C=O) groups is 1. The van der Waals surface area contributed by atoms with E-state index in [1.165, 1.54) is 103 Å². The van der Waals surface area contributed by atoms with Gasteiger partial charge in [-0.05, 0) is 56.9 Å². The first-order valence-corrected chi connectivity index (χ1v) is 21.5. The second-order valence-corrected chi connectivity index (χ2v) is 15.3. The second-order valence-electron chi connectivity index (χ2n) is 15.3. The largest absolute Gasteiger partial charge is 0.481 e. The van der Waals surface area contributed by atoms with Crippen LogP contribution < -0.4 is 4.74 Å². The van der Waals surface area contributed by atoms with Crippen molar-refractivity contribution < 1.29 is 33.4 Å². The van der Waals surface area contributed by atoms with E-state index in [-0.39, 0.29) is 12.0 Å². The topological polar surface area (TPSA) is 106 Å². The van der Waals surface area contributed by atoms with Crippen LogP contribution in [0.3, 0.4) is 0 Å². The van der Waals surface area contributed by atoms with E-state index in [1.54, 1.807) is 18.5 Å². The van der Waals surface area contributed by atoms with Gasteiger partial charge >= 0.3 is 12.0 Å². The van der Waals surface area contributed by atoms with Crippen LogP contribution in [0.25, 0.3) is 0 Å². The van der Waals surface area contributed by atoms with Gasteiger partial charge in [0.2, 0.25) is 6.67 Å². The zero-order valence-electron chi connectivity index (χ0n) is 33.4. The lowest BCUT2D eigenvalue weighted by atomic mass is 9.80. The van der Waals surface area contributed by atoms with E-state index < -0.39 is 5.97 Å². The highest BCUT2D eigenvalue weighted by Gasteiger charge is 2.25. The Bertz CT molecular complexity index is 1080. The molecule has 1 aliphatic heterocycles. The van der Waals surface area contributed by atoms with Gasteiger partial charge in [-0.1, -0.05) is 103 Å². The summed E-state index contributed by atoms with van der Waals surface area (Å²) in [6, 6.07) is 2.12. The molecule has 0 radical (unpaired) electrons. The quantitative estimate of drug-likeness (QED) is 0.0546. The van der Waals surface area contributed by atoms with Gasteiger partial charge in [-0.25, -0.2) is 9.97 Å². The van der Waals surface area contributed by atoms with Crippen LogP contribution in [0.1, 0.15) is 155 Å². The van der Waals surface area contributed by atoms with E-state index in [2.05, 4.69) is 45.0 Å². The maximum atomic E-state index is 11.2. The molecule has 10 heteroatoms. The standard InChI is InChI=1S/C43H74N4O6/c1-2-3-4-5-6-7-8-9-10-11-12-13-14-15-16-19-32-51-36-41(53-43-44-26-20-27-45-43)37-52-35-34-50-33-31-47-30-29-46(38-47)28-18-17-21-39-22-24-40(25-23-39)42(48)49/h20,26-30,39-41H,2-19,21-25,31-38H2,1H3/p+1. The number of aromatic nitrogens is 2. The van der Waals surface area contributed by atoms with Gasteiger partial charge < -0.3 is 29.0 Å². The summed E-state index contributed by atoms with van der Waals surface area (Å²) in [6.45, 7) is 7.19. The normalized spacial score (nSPS) is 18.6. The summed E-state index contributed by atoms with van der Waals surface area (Å²) in [5.74, 6) is -0.0501. The first kappa shape index (κ1) is 44.8. The van der Waals surface area contributed by atoms with Gasteiger partial charge in [0.25, 0.3) is 0 Å². The third-order valence-electron chi connectivity index (χ3n) is 10.6. The summed E-state index contributed by atoms with van der Waals surface area (Å²) >= 11 is 0. The Balaban J connectivity index is 1.13. The molecule has 302 valence electrons. The summed E-state index contributed by atoms with van der Waals surface area (Å²) in [5.41, 5.74) is 0. The fourth-order valence-corrected chi connectivity index (χ4v) is 7.30. The molecule has 1 fully saturated rings. The van der Waals surface area contributed by atoms with Crippen molar-refractivity contribution in [3.63, 3.8) is 0 Å². The number of hydrogen-bond acceptors (Lipinski definition) is 8. The molecule has 53 heavy (non-hydrogen) atoms. The summed E-state index contributed by atoms with van der Waals surface area (Å²) in [4.78, 5) is 21.8. The summed E-state index contributed by atoms with van der Waals surface area (Å²) in [6.07, 6.45) is 38.6. The van der Waals surface area contributed by atoms with Gasteiger partial charge in [0.1, 0.15) is 12.3 Å². The molecule has 1 aliphatic carbocycles. The molecule has 0 saturated heterocycles. The molecule has 10 nitrogen and oxygen atoms in total. The SMILES string of the molecule is CCCCCCCCCCCCCCCCCCOCC(COCCOCCN1C=C[N+](=CCCCC2CCC(C(=O)O)CC2)C1)Oc1ncccn1. The molecule has 1 unspecified atom stereocenters. The van der Waals surface area contributed by atoms with Crippen molar-refractivity contribution in [2.45, 2.75) is 161 Å². The monoisotopic (exact) mass is 744 g/mol. The molecule has 1 N–H and O–H groups in total. The maximum absolute atomic E-state index is 11.2. The average molecular weight is 744 g/mol. The minimum atomic E-state index is -0.619. The van der Waals surface area contributed by atoms with E-state index in [0.29, 0.717) is 45.0 Å². The molecule has 1 aromatic heterocycles. The maximum Gasteiger partial charge on any atom is 0.316 e. The minimum Gasteiger partial charge on any atom is -0.481 e. The number of nitrogens with zero attached hydrogens (tertiary/aromatic N) is 4. The molecule has 0 spiro atoms. The lowest BCUT2D eigenvalue weighted by molar-refractivity contribution is -0.460. The molecule has 2 heterocycles. The highest BCUT2D eigenvalue weighted by Crippen LogP contribution is 2.31. The molecular weight excluding hydrogens is 668 g/mol. The van der Waals surface area contributed by atoms with E-state index in [4.69, 9.17) is 18.9 Å². The lowest BCUT2D eigenvalue weighted by Crippen LogP contribution is -2.30. The Morgan fingerprint density at radius 2 is 1.38 bits per heavy atom. The lowest BCUT2D eigenvalue weighted by Gasteiger charge is -2.25. The Morgan fingerprint density at radius 1 is 0.792 bits per heavy atom. The molecule has 1 aromatic rings. The van der Waals surface area contributed by atoms with Crippen LogP contribution in [0.15, 0.2) is 30.9 Å². The van der Waals surface area contributed by atoms with Crippen LogP contribution in [0.4, 0.5) is 0 Å². The van der Waals surface area contributed by atoms with Crippen molar-refractivity contribution in [1.29, 1.82) is 0 Å². The first-order valence-electron chi connectivity index (χ1n) is 21.5. The van der Waals surface area contributed by atoms with Gasteiger partial charge in [0, 0.05) is 32.0 Å². The van der Waals surface area contributed by atoms with Gasteiger partial charge in [-0.3, -0.25) is 4.79 Å². The number of carboxylic acids is 1. The number of aliphatic carboxylic acids is 1. The van der Waals surface area contributed by atoms with Gasteiger partial charge in [0.05, 0.1) is 45.2 Å². The Morgan fingerprint density at radius 3 is 2.00 bits per heavy atom. The van der Waals surface area contributed by atoms with Crippen molar-refractivity contribution >= 4 is 12.2 Å². The predicted molar refractivity (Wildman–Crippen MR) is 212 cm³/mol. The van der Waals surface area contributed by atoms with Crippen LogP contribution in [0.2, 0.25) is 0 Å². The molecule has 2 aliphatic rings. The molecule has 0 amide bonds. The molecule has 1 saturated carbocycles. The smallest absolute Gasteiger partial charge is 0.316 e. The van der Waals surface area contributed by atoms with Crippen LogP contribution in [0, 0.1) is 11.8 Å². The van der Waals surface area contributed by atoms with Crippen molar-refractivity contribution in [2.24, 2.45) is 11.8 Å². The van der Waals surface area contributed by atoms with Gasteiger partial charge in [0.15, 0.2) is 6.20 Å². The summed E-state index contributed by atoms with van der Waals surface area (Å²) in [5, 5.41) is 9.19. The van der Waals surface area contributed by atoms with Crippen molar-refractivity contribution in [1.82, 2.24) is 14.9 Å². The van der Waals surface area contributed by atoms with E-state index >= 15 is 0 Å². The Kier molecular flexibility index (Phi) is 26.0. The van der Waals surface area contributed by atoms with Crippen LogP contribution in [-0.2, 0) is 19.0 Å². The van der Waals surface area contributed by atoms with E-state index in [0.717, 1.165) is 64.8 Å².